The highest BCUT2D eigenvalue weighted by molar-refractivity contribution is 7.98. The van der Waals surface area contributed by atoms with Crippen molar-refractivity contribution in [3.8, 4) is 0 Å². The highest BCUT2D eigenvalue weighted by Crippen LogP contribution is 2.22. The summed E-state index contributed by atoms with van der Waals surface area (Å²) in [5, 5.41) is 1.22. The lowest BCUT2D eigenvalue weighted by Crippen LogP contribution is -1.93. The first-order valence-corrected chi connectivity index (χ1v) is 5.91. The Morgan fingerprint density at radius 3 is 2.60 bits per heavy atom. The second-order valence-corrected chi connectivity index (χ2v) is 4.47. The summed E-state index contributed by atoms with van der Waals surface area (Å²) in [4.78, 5) is 4.27. The van der Waals surface area contributed by atoms with Crippen LogP contribution in [0.1, 0.15) is 11.4 Å². The SMILES string of the molecule is Cc1ncc(SCc2ccccc2)n1C. The molecule has 78 valence electrons. The highest BCUT2D eigenvalue weighted by atomic mass is 32.2. The Hall–Kier alpha value is -1.22. The van der Waals surface area contributed by atoms with Crippen molar-refractivity contribution < 1.29 is 0 Å². The molecule has 0 aliphatic heterocycles. The van der Waals surface area contributed by atoms with E-state index >= 15 is 0 Å². The van der Waals surface area contributed by atoms with Gasteiger partial charge in [0.2, 0.25) is 0 Å². The van der Waals surface area contributed by atoms with Crippen LogP contribution in [0.4, 0.5) is 0 Å². The number of aryl methyl sites for hydroxylation is 1. The van der Waals surface area contributed by atoms with Crippen LogP contribution in [0.5, 0.6) is 0 Å². The molecule has 0 saturated carbocycles. The Labute approximate surface area is 94.3 Å². The molecule has 0 amide bonds. The fourth-order valence-electron chi connectivity index (χ4n) is 1.35. The van der Waals surface area contributed by atoms with E-state index < -0.39 is 0 Å². The number of imidazole rings is 1. The molecule has 0 aliphatic rings. The van der Waals surface area contributed by atoms with Crippen molar-refractivity contribution in [1.82, 2.24) is 9.55 Å². The molecule has 1 aromatic heterocycles. The van der Waals surface area contributed by atoms with Gasteiger partial charge in [-0.05, 0) is 12.5 Å². The molecular formula is C12H14N2S. The molecule has 2 rings (SSSR count). The molecule has 0 fully saturated rings. The van der Waals surface area contributed by atoms with Gasteiger partial charge in [-0.2, -0.15) is 0 Å². The number of benzene rings is 1. The first-order chi connectivity index (χ1) is 7.27. The lowest BCUT2D eigenvalue weighted by molar-refractivity contribution is 0.785. The number of hydrogen-bond donors (Lipinski definition) is 0. The van der Waals surface area contributed by atoms with Crippen LogP contribution in [-0.4, -0.2) is 9.55 Å². The number of hydrogen-bond acceptors (Lipinski definition) is 2. The van der Waals surface area contributed by atoms with E-state index in [4.69, 9.17) is 0 Å². The van der Waals surface area contributed by atoms with E-state index in [9.17, 15) is 0 Å². The largest absolute Gasteiger partial charge is 0.327 e. The molecule has 0 spiro atoms. The first-order valence-electron chi connectivity index (χ1n) is 4.92. The fourth-order valence-corrected chi connectivity index (χ4v) is 2.31. The van der Waals surface area contributed by atoms with Gasteiger partial charge in [0.05, 0.1) is 11.2 Å². The zero-order chi connectivity index (χ0) is 10.7. The Morgan fingerprint density at radius 2 is 2.00 bits per heavy atom. The molecule has 0 saturated heterocycles. The summed E-state index contributed by atoms with van der Waals surface area (Å²) in [7, 11) is 2.05. The van der Waals surface area contributed by atoms with Crippen LogP contribution in [0, 0.1) is 6.92 Å². The topological polar surface area (TPSA) is 17.8 Å². The highest BCUT2D eigenvalue weighted by Gasteiger charge is 2.02. The summed E-state index contributed by atoms with van der Waals surface area (Å²) < 4.78 is 2.12. The Bertz CT molecular complexity index is 434. The lowest BCUT2D eigenvalue weighted by atomic mass is 10.2. The average molecular weight is 218 g/mol. The number of rotatable bonds is 3. The predicted octanol–water partition coefficient (Wildman–Crippen LogP) is 3.02. The van der Waals surface area contributed by atoms with Crippen molar-refractivity contribution >= 4 is 11.8 Å². The van der Waals surface area contributed by atoms with Crippen molar-refractivity contribution in [2.45, 2.75) is 17.7 Å². The minimum Gasteiger partial charge on any atom is -0.327 e. The Balaban J connectivity index is 2.02. The molecule has 0 unspecified atom stereocenters. The molecule has 1 aromatic carbocycles. The van der Waals surface area contributed by atoms with Crippen LogP contribution in [0.15, 0.2) is 41.6 Å². The first kappa shape index (κ1) is 10.3. The van der Waals surface area contributed by atoms with Gasteiger partial charge >= 0.3 is 0 Å². The molecule has 2 aromatic rings. The third kappa shape index (κ3) is 2.42. The van der Waals surface area contributed by atoms with E-state index in [0.717, 1.165) is 11.6 Å². The van der Waals surface area contributed by atoms with Crippen molar-refractivity contribution in [3.63, 3.8) is 0 Å². The van der Waals surface area contributed by atoms with Gasteiger partial charge in [-0.3, -0.25) is 0 Å². The van der Waals surface area contributed by atoms with Gasteiger partial charge in [-0.25, -0.2) is 4.98 Å². The van der Waals surface area contributed by atoms with Gasteiger partial charge in [0.15, 0.2) is 0 Å². The van der Waals surface area contributed by atoms with Crippen LogP contribution >= 0.6 is 11.8 Å². The number of thioether (sulfide) groups is 1. The second-order valence-electron chi connectivity index (χ2n) is 3.48. The van der Waals surface area contributed by atoms with Gasteiger partial charge in [0, 0.05) is 12.8 Å². The summed E-state index contributed by atoms with van der Waals surface area (Å²) in [5.74, 6) is 2.06. The molecule has 0 atom stereocenters. The van der Waals surface area contributed by atoms with Crippen LogP contribution in [0.3, 0.4) is 0 Å². The van der Waals surface area contributed by atoms with Crippen molar-refractivity contribution in [3.05, 3.63) is 47.9 Å². The monoisotopic (exact) mass is 218 g/mol. The Kier molecular flexibility index (Phi) is 3.11. The van der Waals surface area contributed by atoms with Gasteiger partial charge in [-0.1, -0.05) is 30.3 Å². The molecule has 0 aliphatic carbocycles. The summed E-state index contributed by atoms with van der Waals surface area (Å²) in [6.45, 7) is 2.02. The third-order valence-electron chi connectivity index (χ3n) is 2.41. The molecule has 2 nitrogen and oxygen atoms in total. The summed E-state index contributed by atoms with van der Waals surface area (Å²) in [6, 6.07) is 10.5. The quantitative estimate of drug-likeness (QED) is 0.737. The fraction of sp³-hybridized carbons (Fsp3) is 0.250. The van der Waals surface area contributed by atoms with E-state index in [1.54, 1.807) is 0 Å². The van der Waals surface area contributed by atoms with Crippen LogP contribution in [-0.2, 0) is 12.8 Å². The van der Waals surface area contributed by atoms with E-state index in [2.05, 4.69) is 40.9 Å². The third-order valence-corrected chi connectivity index (χ3v) is 3.56. The van der Waals surface area contributed by atoms with Crippen molar-refractivity contribution in [1.29, 1.82) is 0 Å². The van der Waals surface area contributed by atoms with E-state index in [1.165, 1.54) is 10.6 Å². The molecule has 0 radical (unpaired) electrons. The lowest BCUT2D eigenvalue weighted by Gasteiger charge is -2.03. The van der Waals surface area contributed by atoms with Gasteiger partial charge < -0.3 is 4.57 Å². The molecule has 3 heteroatoms. The van der Waals surface area contributed by atoms with Crippen molar-refractivity contribution in [2.24, 2.45) is 7.05 Å². The summed E-state index contributed by atoms with van der Waals surface area (Å²) in [5.41, 5.74) is 1.35. The molecular weight excluding hydrogens is 204 g/mol. The molecule has 15 heavy (non-hydrogen) atoms. The maximum absolute atomic E-state index is 4.27. The Morgan fingerprint density at radius 1 is 1.27 bits per heavy atom. The maximum atomic E-state index is 4.27. The molecule has 0 bridgehead atoms. The normalized spacial score (nSPS) is 10.5. The summed E-state index contributed by atoms with van der Waals surface area (Å²) in [6.07, 6.45) is 1.93. The van der Waals surface area contributed by atoms with E-state index in [1.807, 2.05) is 30.9 Å². The van der Waals surface area contributed by atoms with E-state index in [0.29, 0.717) is 0 Å². The zero-order valence-electron chi connectivity index (χ0n) is 8.97. The van der Waals surface area contributed by atoms with E-state index in [-0.39, 0.29) is 0 Å². The second kappa shape index (κ2) is 4.53. The predicted molar refractivity (Wildman–Crippen MR) is 63.9 cm³/mol. The van der Waals surface area contributed by atoms with Gasteiger partial charge in [0.25, 0.3) is 0 Å². The minimum atomic E-state index is 1.000. The molecule has 1 heterocycles. The average Bonchev–Trinajstić information content (AvgIpc) is 2.59. The summed E-state index contributed by atoms with van der Waals surface area (Å²) >= 11 is 1.82. The van der Waals surface area contributed by atoms with Gasteiger partial charge in [-0.15, -0.1) is 11.8 Å². The van der Waals surface area contributed by atoms with Crippen LogP contribution < -0.4 is 0 Å². The minimum absolute atomic E-state index is 1.000. The maximum Gasteiger partial charge on any atom is 0.106 e. The molecule has 0 N–H and O–H groups in total. The zero-order valence-corrected chi connectivity index (χ0v) is 9.79. The van der Waals surface area contributed by atoms with Crippen LogP contribution in [0.25, 0.3) is 0 Å². The van der Waals surface area contributed by atoms with Crippen molar-refractivity contribution in [2.75, 3.05) is 0 Å². The number of aromatic nitrogens is 2. The number of nitrogens with zero attached hydrogens (tertiary/aromatic N) is 2. The standard InChI is InChI=1S/C12H14N2S/c1-10-13-8-12(14(10)2)15-9-11-6-4-3-5-7-11/h3-8H,9H2,1-2H3. The van der Waals surface area contributed by atoms with Crippen LogP contribution in [0.2, 0.25) is 0 Å². The smallest absolute Gasteiger partial charge is 0.106 e. The van der Waals surface area contributed by atoms with Gasteiger partial charge in [0.1, 0.15) is 5.82 Å².